The summed E-state index contributed by atoms with van der Waals surface area (Å²) in [6.07, 6.45) is 3.49. The smallest absolute Gasteiger partial charge is 0.320 e. The molecule has 0 unspecified atom stereocenters. The molecule has 13 heteroatoms. The predicted molar refractivity (Wildman–Crippen MR) is 171 cm³/mol. The molecule has 2 aromatic rings. The van der Waals surface area contributed by atoms with Crippen molar-refractivity contribution in [3.8, 4) is 11.8 Å². The van der Waals surface area contributed by atoms with Crippen LogP contribution in [0.25, 0.3) is 0 Å². The summed E-state index contributed by atoms with van der Waals surface area (Å²) in [4.78, 5) is 31.3. The predicted octanol–water partition coefficient (Wildman–Crippen LogP) is 2.65. The summed E-state index contributed by atoms with van der Waals surface area (Å²) in [5.41, 5.74) is 7.49. The maximum atomic E-state index is 11.5. The first-order valence-electron chi connectivity index (χ1n) is 15.1. The van der Waals surface area contributed by atoms with Gasteiger partial charge in [0.25, 0.3) is 0 Å². The molecule has 1 aromatic heterocycles. The van der Waals surface area contributed by atoms with Crippen LogP contribution in [0.2, 0.25) is 0 Å². The molecule has 244 valence electrons. The molecule has 0 atom stereocenters. The van der Waals surface area contributed by atoms with Crippen LogP contribution in [0.1, 0.15) is 24.8 Å². The molecular formula is C31H49N7O6. The Morgan fingerprint density at radius 2 is 1.89 bits per heavy atom. The molecule has 2 heterocycles. The molecule has 0 bridgehead atoms. The van der Waals surface area contributed by atoms with Crippen LogP contribution in [0.3, 0.4) is 0 Å². The van der Waals surface area contributed by atoms with Crippen molar-refractivity contribution >= 4 is 30.0 Å². The Morgan fingerprint density at radius 1 is 1.09 bits per heavy atom. The number of likely N-dealkylation sites (tertiary alicyclic amines) is 1. The van der Waals surface area contributed by atoms with Gasteiger partial charge in [-0.05, 0) is 82.8 Å². The highest BCUT2D eigenvalue weighted by atomic mass is 16.5. The Labute approximate surface area is 261 Å². The highest BCUT2D eigenvalue weighted by Crippen LogP contribution is 2.34. The van der Waals surface area contributed by atoms with Crippen LogP contribution in [0.5, 0.6) is 11.8 Å². The van der Waals surface area contributed by atoms with E-state index in [1.807, 2.05) is 29.2 Å². The monoisotopic (exact) mass is 615 g/mol. The van der Waals surface area contributed by atoms with Crippen LogP contribution in [-0.4, -0.2) is 127 Å². The molecule has 44 heavy (non-hydrogen) atoms. The quantitative estimate of drug-likeness (QED) is 0.101. The van der Waals surface area contributed by atoms with Gasteiger partial charge in [-0.2, -0.15) is 9.97 Å². The number of benzene rings is 1. The number of carbonyl (C=O) groups is 1. The molecule has 0 radical (unpaired) electrons. The first-order valence-corrected chi connectivity index (χ1v) is 15.1. The number of likely N-dealkylation sites (N-methyl/N-ethyl adjacent to an activating group) is 1. The summed E-state index contributed by atoms with van der Waals surface area (Å²) in [6.45, 7) is 11.1. The summed E-state index contributed by atoms with van der Waals surface area (Å²) >= 11 is 0. The number of nitrogens with zero attached hydrogens (tertiary/aromatic N) is 6. The van der Waals surface area contributed by atoms with Gasteiger partial charge < -0.3 is 44.1 Å². The second-order valence-electron chi connectivity index (χ2n) is 10.9. The number of aliphatic imine (C=N–C) groups is 1. The van der Waals surface area contributed by atoms with Crippen molar-refractivity contribution in [3.05, 3.63) is 29.8 Å². The normalized spacial score (nSPS) is 14.0. The van der Waals surface area contributed by atoms with Crippen molar-refractivity contribution in [2.24, 2.45) is 10.9 Å². The van der Waals surface area contributed by atoms with E-state index in [0.717, 1.165) is 69.8 Å². The zero-order valence-corrected chi connectivity index (χ0v) is 26.7. The van der Waals surface area contributed by atoms with Crippen LogP contribution in [0, 0.1) is 5.92 Å². The van der Waals surface area contributed by atoms with E-state index in [0.29, 0.717) is 44.0 Å². The average molecular weight is 616 g/mol. The number of esters is 1. The number of nitrogen functional groups attached to an aromatic ring is 1. The Balaban J connectivity index is 1.40. The summed E-state index contributed by atoms with van der Waals surface area (Å²) in [6, 6.07) is 7.78. The minimum atomic E-state index is -0.259. The highest BCUT2D eigenvalue weighted by Gasteiger charge is 2.25. The first-order chi connectivity index (χ1) is 21.4. The molecule has 13 nitrogen and oxygen atoms in total. The molecule has 1 saturated heterocycles. The van der Waals surface area contributed by atoms with Crippen molar-refractivity contribution in [2.75, 3.05) is 105 Å². The van der Waals surface area contributed by atoms with E-state index in [-0.39, 0.29) is 24.2 Å². The van der Waals surface area contributed by atoms with E-state index >= 15 is 0 Å². The van der Waals surface area contributed by atoms with Gasteiger partial charge in [-0.3, -0.25) is 9.79 Å². The van der Waals surface area contributed by atoms with E-state index in [2.05, 4.69) is 38.5 Å². The molecule has 0 saturated carbocycles. The fourth-order valence-electron chi connectivity index (χ4n) is 5.13. The van der Waals surface area contributed by atoms with Gasteiger partial charge in [-0.1, -0.05) is 12.1 Å². The van der Waals surface area contributed by atoms with Crippen LogP contribution < -0.4 is 20.1 Å². The molecule has 1 fully saturated rings. The number of piperidine rings is 1. The van der Waals surface area contributed by atoms with E-state index in [4.69, 9.17) is 29.4 Å². The Hall–Kier alpha value is -3.52. The fourth-order valence-corrected chi connectivity index (χ4v) is 5.13. The van der Waals surface area contributed by atoms with Crippen LogP contribution >= 0.6 is 0 Å². The van der Waals surface area contributed by atoms with Crippen LogP contribution in [0.15, 0.2) is 29.3 Å². The molecule has 1 aliphatic heterocycles. The number of aromatic nitrogens is 2. The number of hydrogen-bond donors (Lipinski definition) is 1. The lowest BCUT2D eigenvalue weighted by Gasteiger charge is -2.35. The Morgan fingerprint density at radius 3 is 2.59 bits per heavy atom. The van der Waals surface area contributed by atoms with Gasteiger partial charge in [0.05, 0.1) is 20.1 Å². The molecule has 3 rings (SSSR count). The standard InChI is InChI=1S/C31H49N7O6/c1-33-28-29(32)34-31(44-19-18-40-3)35-30(28)38(23-41-4)22-24-10-14-37(15-11-24)13-7-12-36(2)16-17-43-26-9-6-8-25(20-26)21-27(39)42-5/h6,8-9,20,24H,1,7,10-19,21-23H2,2-5H3,(H2,32,34,35). The van der Waals surface area contributed by atoms with Gasteiger partial charge >= 0.3 is 12.0 Å². The van der Waals surface area contributed by atoms with E-state index in [1.54, 1.807) is 14.2 Å². The number of carbonyl (C=O) groups excluding carboxylic acids is 1. The maximum absolute atomic E-state index is 11.5. The van der Waals surface area contributed by atoms with Crippen molar-refractivity contribution in [3.63, 3.8) is 0 Å². The first kappa shape index (κ1) is 35.0. The highest BCUT2D eigenvalue weighted by molar-refractivity contribution is 5.75. The maximum Gasteiger partial charge on any atom is 0.320 e. The van der Waals surface area contributed by atoms with E-state index in [9.17, 15) is 4.79 Å². The lowest BCUT2D eigenvalue weighted by Crippen LogP contribution is -2.40. The third kappa shape index (κ3) is 11.5. The Bertz CT molecular complexity index is 1160. The van der Waals surface area contributed by atoms with E-state index in [1.165, 1.54) is 7.11 Å². The van der Waals surface area contributed by atoms with E-state index < -0.39 is 0 Å². The zero-order valence-electron chi connectivity index (χ0n) is 26.7. The molecular weight excluding hydrogens is 566 g/mol. The molecule has 0 spiro atoms. The topological polar surface area (TPSA) is 137 Å². The number of rotatable bonds is 20. The van der Waals surface area contributed by atoms with Crippen LogP contribution in [0.4, 0.5) is 17.3 Å². The second kappa shape index (κ2) is 19.0. The van der Waals surface area contributed by atoms with Gasteiger partial charge in [-0.15, -0.1) is 0 Å². The number of hydrogen-bond acceptors (Lipinski definition) is 13. The third-order valence-electron chi connectivity index (χ3n) is 7.55. The number of methoxy groups -OCH3 is 3. The lowest BCUT2D eigenvalue weighted by atomic mass is 9.96. The van der Waals surface area contributed by atoms with Gasteiger partial charge in [-0.25, -0.2) is 0 Å². The van der Waals surface area contributed by atoms with Crippen molar-refractivity contribution in [2.45, 2.75) is 25.7 Å². The molecule has 1 aliphatic rings. The molecule has 1 aromatic carbocycles. The van der Waals surface area contributed by atoms with Crippen molar-refractivity contribution in [1.29, 1.82) is 0 Å². The minimum absolute atomic E-state index is 0.180. The van der Waals surface area contributed by atoms with Crippen molar-refractivity contribution in [1.82, 2.24) is 19.8 Å². The van der Waals surface area contributed by atoms with Gasteiger partial charge in [0.15, 0.2) is 11.6 Å². The number of ether oxygens (including phenoxy) is 5. The van der Waals surface area contributed by atoms with Gasteiger partial charge in [0.2, 0.25) is 0 Å². The summed E-state index contributed by atoms with van der Waals surface area (Å²) in [5.74, 6) is 1.76. The largest absolute Gasteiger partial charge is 0.492 e. The summed E-state index contributed by atoms with van der Waals surface area (Å²) in [7, 11) is 6.78. The molecule has 2 N–H and O–H groups in total. The van der Waals surface area contributed by atoms with Crippen LogP contribution in [-0.2, 0) is 25.4 Å². The number of anilines is 2. The fraction of sp³-hybridized carbons (Fsp3) is 0.613. The minimum Gasteiger partial charge on any atom is -0.492 e. The van der Waals surface area contributed by atoms with Gasteiger partial charge in [0, 0.05) is 27.3 Å². The molecule has 0 aliphatic carbocycles. The Kier molecular flexibility index (Phi) is 15.1. The second-order valence-corrected chi connectivity index (χ2v) is 10.9. The SMILES string of the molecule is C=Nc1c(N)nc(OCCOC)nc1N(COC)CC1CCN(CCCN(C)CCOc2cccc(CC(=O)OC)c2)CC1. The third-order valence-corrected chi connectivity index (χ3v) is 7.55. The summed E-state index contributed by atoms with van der Waals surface area (Å²) in [5, 5.41) is 0. The lowest BCUT2D eigenvalue weighted by molar-refractivity contribution is -0.139. The average Bonchev–Trinajstić information content (AvgIpc) is 3.01. The van der Waals surface area contributed by atoms with Gasteiger partial charge in [0.1, 0.15) is 31.4 Å². The summed E-state index contributed by atoms with van der Waals surface area (Å²) < 4.78 is 26.9. The zero-order chi connectivity index (χ0) is 31.7. The molecule has 0 amide bonds. The number of nitrogens with two attached hydrogens (primary N) is 1. The van der Waals surface area contributed by atoms with Crippen molar-refractivity contribution < 1.29 is 28.5 Å².